The van der Waals surface area contributed by atoms with E-state index < -0.39 is 40.1 Å². The Hall–Kier alpha value is -4.12. The van der Waals surface area contributed by atoms with E-state index in [4.69, 9.17) is 14.7 Å². The molecule has 1 heterocycles. The van der Waals surface area contributed by atoms with Gasteiger partial charge in [0.15, 0.2) is 9.84 Å². The molecular formula is C32H34F3N3O6S. The van der Waals surface area contributed by atoms with Gasteiger partial charge in [-0.2, -0.15) is 18.4 Å². The van der Waals surface area contributed by atoms with Crippen LogP contribution in [0.3, 0.4) is 0 Å². The average Bonchev–Trinajstić information content (AvgIpc) is 3.44. The Morgan fingerprint density at radius 2 is 1.76 bits per heavy atom. The van der Waals surface area contributed by atoms with Crippen LogP contribution in [-0.4, -0.2) is 63.7 Å². The van der Waals surface area contributed by atoms with E-state index in [2.05, 4.69) is 5.32 Å². The molecule has 4 rings (SSSR count). The maximum atomic E-state index is 13.0. The molecule has 1 aliphatic rings. The van der Waals surface area contributed by atoms with E-state index in [0.717, 1.165) is 17.8 Å². The number of anilines is 1. The SMILES string of the molecule is CCS(=O)(=O)c1ccc(C(CO)NC(=O)c2ccc(N3C[C@H](Oc4ccc(C(F)(F)F)cc4)C[C@H]3COCCC#N)cc2)cc1. The molecule has 0 spiro atoms. The van der Waals surface area contributed by atoms with Gasteiger partial charge in [-0.25, -0.2) is 8.42 Å². The van der Waals surface area contributed by atoms with Gasteiger partial charge in [0, 0.05) is 17.7 Å². The van der Waals surface area contributed by atoms with E-state index in [1.165, 1.54) is 24.3 Å². The van der Waals surface area contributed by atoms with Gasteiger partial charge >= 0.3 is 6.18 Å². The molecular weight excluding hydrogens is 611 g/mol. The van der Waals surface area contributed by atoms with Gasteiger partial charge < -0.3 is 24.8 Å². The topological polar surface area (TPSA) is 129 Å². The summed E-state index contributed by atoms with van der Waals surface area (Å²) in [6.45, 7) is 2.12. The molecule has 240 valence electrons. The molecule has 45 heavy (non-hydrogen) atoms. The smallest absolute Gasteiger partial charge is 0.416 e. The lowest BCUT2D eigenvalue weighted by Crippen LogP contribution is -2.34. The number of halogens is 3. The molecule has 9 nitrogen and oxygen atoms in total. The van der Waals surface area contributed by atoms with Gasteiger partial charge in [-0.3, -0.25) is 4.79 Å². The van der Waals surface area contributed by atoms with Crippen molar-refractivity contribution in [3.05, 3.63) is 89.5 Å². The summed E-state index contributed by atoms with van der Waals surface area (Å²) in [7, 11) is -3.38. The van der Waals surface area contributed by atoms with Gasteiger partial charge in [-0.05, 0) is 66.2 Å². The first kappa shape index (κ1) is 33.8. The number of aliphatic hydroxyl groups excluding tert-OH is 1. The molecule has 1 aliphatic heterocycles. The molecule has 3 atom stereocenters. The van der Waals surface area contributed by atoms with Crippen LogP contribution in [0, 0.1) is 11.3 Å². The van der Waals surface area contributed by atoms with Crippen molar-refractivity contribution in [2.45, 2.75) is 49.0 Å². The van der Waals surface area contributed by atoms with Crippen LogP contribution in [0.25, 0.3) is 0 Å². The molecule has 1 fully saturated rings. The predicted octanol–water partition coefficient (Wildman–Crippen LogP) is 4.92. The number of carbonyl (C=O) groups is 1. The highest BCUT2D eigenvalue weighted by Gasteiger charge is 2.35. The number of ether oxygens (including phenoxy) is 2. The largest absolute Gasteiger partial charge is 0.489 e. The minimum atomic E-state index is -4.44. The van der Waals surface area contributed by atoms with Crippen molar-refractivity contribution in [1.82, 2.24) is 5.32 Å². The standard InChI is InChI=1S/C32H34F3N3O6S/c1-2-45(41,42)29-14-6-22(7-15-29)30(20-39)37-31(40)23-4-10-25(11-5-23)38-19-28(18-26(38)21-43-17-3-16-36)44-27-12-8-24(9-13-27)32(33,34)35/h4-15,26,28,30,39H,2-3,17-21H2,1H3,(H,37,40)/t26-,28+,30?/m0/s1. The average molecular weight is 646 g/mol. The van der Waals surface area contributed by atoms with Gasteiger partial charge in [0.2, 0.25) is 0 Å². The number of nitriles is 1. The number of amides is 1. The number of nitrogens with one attached hydrogen (secondary N) is 1. The second-order valence-corrected chi connectivity index (χ2v) is 12.8. The molecule has 0 aliphatic carbocycles. The van der Waals surface area contributed by atoms with E-state index in [1.807, 2.05) is 11.0 Å². The van der Waals surface area contributed by atoms with E-state index in [0.29, 0.717) is 36.4 Å². The summed E-state index contributed by atoms with van der Waals surface area (Å²) in [6.07, 6.45) is -4.04. The van der Waals surface area contributed by atoms with Crippen molar-refractivity contribution in [2.24, 2.45) is 0 Å². The maximum Gasteiger partial charge on any atom is 0.416 e. The minimum absolute atomic E-state index is 0.0399. The van der Waals surface area contributed by atoms with Crippen molar-refractivity contribution >= 4 is 21.4 Å². The van der Waals surface area contributed by atoms with Crippen molar-refractivity contribution < 1.29 is 41.0 Å². The fourth-order valence-corrected chi connectivity index (χ4v) is 5.92. The first-order valence-corrected chi connectivity index (χ1v) is 16.0. The molecule has 3 aromatic rings. The zero-order chi connectivity index (χ0) is 32.6. The monoisotopic (exact) mass is 645 g/mol. The summed E-state index contributed by atoms with van der Waals surface area (Å²) in [6, 6.07) is 18.4. The molecule has 3 aromatic carbocycles. The number of hydrogen-bond donors (Lipinski definition) is 2. The molecule has 2 N–H and O–H groups in total. The Labute approximate surface area is 260 Å². The van der Waals surface area contributed by atoms with E-state index in [9.17, 15) is 31.5 Å². The lowest BCUT2D eigenvalue weighted by atomic mass is 10.1. The zero-order valence-corrected chi connectivity index (χ0v) is 25.4. The third-order valence-corrected chi connectivity index (χ3v) is 9.25. The summed E-state index contributed by atoms with van der Waals surface area (Å²) < 4.78 is 74.7. The van der Waals surface area contributed by atoms with Crippen LogP contribution < -0.4 is 15.0 Å². The van der Waals surface area contributed by atoms with Crippen LogP contribution in [0.5, 0.6) is 5.75 Å². The Balaban J connectivity index is 1.44. The number of sulfone groups is 1. The number of hydrogen-bond acceptors (Lipinski definition) is 8. The van der Waals surface area contributed by atoms with Crippen LogP contribution >= 0.6 is 0 Å². The highest BCUT2D eigenvalue weighted by Crippen LogP contribution is 2.32. The lowest BCUT2D eigenvalue weighted by Gasteiger charge is -2.26. The van der Waals surface area contributed by atoms with Crippen molar-refractivity contribution in [1.29, 1.82) is 5.26 Å². The summed E-state index contributed by atoms with van der Waals surface area (Å²) in [5, 5.41) is 21.5. The maximum absolute atomic E-state index is 13.0. The second kappa shape index (κ2) is 14.8. The van der Waals surface area contributed by atoms with Crippen LogP contribution in [0.2, 0.25) is 0 Å². The van der Waals surface area contributed by atoms with Crippen LogP contribution in [-0.2, 0) is 20.8 Å². The second-order valence-electron chi connectivity index (χ2n) is 10.5. The molecule has 1 saturated heterocycles. The van der Waals surface area contributed by atoms with Crippen molar-refractivity contribution in [3.8, 4) is 11.8 Å². The highest BCUT2D eigenvalue weighted by molar-refractivity contribution is 7.91. The fourth-order valence-electron chi connectivity index (χ4n) is 5.04. The minimum Gasteiger partial charge on any atom is -0.489 e. The van der Waals surface area contributed by atoms with E-state index >= 15 is 0 Å². The lowest BCUT2D eigenvalue weighted by molar-refractivity contribution is -0.137. The Bertz CT molecular complexity index is 1570. The number of aliphatic hydroxyl groups is 1. The molecule has 0 radical (unpaired) electrons. The molecule has 0 saturated carbocycles. The van der Waals surface area contributed by atoms with Crippen LogP contribution in [0.4, 0.5) is 18.9 Å². The first-order valence-electron chi connectivity index (χ1n) is 14.3. The molecule has 1 amide bonds. The van der Waals surface area contributed by atoms with E-state index in [1.54, 1.807) is 43.3 Å². The fraction of sp³-hybridized carbons (Fsp3) is 0.375. The molecule has 0 aromatic heterocycles. The summed E-state index contributed by atoms with van der Waals surface area (Å²) >= 11 is 0. The number of carbonyl (C=O) groups excluding carboxylic acids is 1. The number of rotatable bonds is 13. The summed E-state index contributed by atoms with van der Waals surface area (Å²) in [4.78, 5) is 15.2. The zero-order valence-electron chi connectivity index (χ0n) is 24.5. The Morgan fingerprint density at radius 3 is 2.33 bits per heavy atom. The third kappa shape index (κ3) is 8.75. The predicted molar refractivity (Wildman–Crippen MR) is 161 cm³/mol. The van der Waals surface area contributed by atoms with Gasteiger partial charge in [0.25, 0.3) is 5.91 Å². The number of alkyl halides is 3. The van der Waals surface area contributed by atoms with E-state index in [-0.39, 0.29) is 35.8 Å². The first-order chi connectivity index (χ1) is 21.4. The molecule has 0 bridgehead atoms. The Kier molecular flexibility index (Phi) is 11.1. The normalized spacial score (nSPS) is 17.5. The summed E-state index contributed by atoms with van der Waals surface area (Å²) in [5.41, 5.74) is 0.890. The van der Waals surface area contributed by atoms with Crippen molar-refractivity contribution in [2.75, 3.05) is 37.0 Å². The number of nitrogens with zero attached hydrogens (tertiary/aromatic N) is 2. The quantitative estimate of drug-likeness (QED) is 0.251. The molecule has 1 unspecified atom stereocenters. The van der Waals surface area contributed by atoms with Gasteiger partial charge in [-0.15, -0.1) is 0 Å². The van der Waals surface area contributed by atoms with Crippen molar-refractivity contribution in [3.63, 3.8) is 0 Å². The molecule has 13 heteroatoms. The van der Waals surface area contributed by atoms with Gasteiger partial charge in [0.1, 0.15) is 11.9 Å². The van der Waals surface area contributed by atoms with Crippen LogP contribution in [0.1, 0.15) is 47.3 Å². The highest BCUT2D eigenvalue weighted by atomic mass is 32.2. The van der Waals surface area contributed by atoms with Gasteiger partial charge in [-0.1, -0.05) is 19.1 Å². The number of benzene rings is 3. The third-order valence-electron chi connectivity index (χ3n) is 7.50. The Morgan fingerprint density at radius 1 is 1.09 bits per heavy atom. The summed E-state index contributed by atoms with van der Waals surface area (Å²) in [5.74, 6) is -0.167. The van der Waals surface area contributed by atoms with Gasteiger partial charge in [0.05, 0.1) is 67.2 Å². The van der Waals surface area contributed by atoms with Crippen LogP contribution in [0.15, 0.2) is 77.7 Å².